The average Bonchev–Trinajstić information content (AvgIpc) is 3.42. The molecule has 6 nitrogen and oxygen atoms in total. The zero-order chi connectivity index (χ0) is 27.0. The fourth-order valence-corrected chi connectivity index (χ4v) is 5.10. The van der Waals surface area contributed by atoms with Crippen LogP contribution in [0.3, 0.4) is 0 Å². The molecule has 39 heavy (non-hydrogen) atoms. The first-order valence-corrected chi connectivity index (χ1v) is 14.4. The highest BCUT2D eigenvalue weighted by molar-refractivity contribution is 9.10. The number of halogens is 2. The molecular formula is C30H22Br2N4O2S. The van der Waals surface area contributed by atoms with Gasteiger partial charge < -0.3 is 10.1 Å². The molecule has 0 bridgehead atoms. The zero-order valence-electron chi connectivity index (χ0n) is 20.5. The van der Waals surface area contributed by atoms with Gasteiger partial charge in [0.1, 0.15) is 12.4 Å². The van der Waals surface area contributed by atoms with Crippen molar-refractivity contribution in [2.75, 3.05) is 5.32 Å². The number of benzene rings is 4. The number of thiazole rings is 1. The molecule has 5 rings (SSSR count). The minimum atomic E-state index is -0.295. The van der Waals surface area contributed by atoms with E-state index in [1.807, 2.05) is 90.3 Å². The summed E-state index contributed by atoms with van der Waals surface area (Å²) in [5.41, 5.74) is 7.74. The summed E-state index contributed by atoms with van der Waals surface area (Å²) < 4.78 is 7.73. The molecule has 194 valence electrons. The van der Waals surface area contributed by atoms with E-state index in [9.17, 15) is 4.79 Å². The Kier molecular flexibility index (Phi) is 8.82. The van der Waals surface area contributed by atoms with E-state index in [1.54, 1.807) is 18.3 Å². The number of ether oxygens (including phenoxy) is 1. The number of rotatable bonds is 9. The highest BCUT2D eigenvalue weighted by atomic mass is 79.9. The third-order valence-corrected chi connectivity index (χ3v) is 7.52. The van der Waals surface area contributed by atoms with Crippen LogP contribution >= 0.6 is 43.2 Å². The molecule has 0 saturated heterocycles. The van der Waals surface area contributed by atoms with Gasteiger partial charge in [-0.3, -0.25) is 4.79 Å². The molecule has 5 aromatic rings. The number of nitrogens with one attached hydrogen (secondary N) is 2. The number of hydrogen-bond acceptors (Lipinski definition) is 6. The summed E-state index contributed by atoms with van der Waals surface area (Å²) in [6, 6.07) is 30.8. The molecule has 0 fully saturated rings. The number of carbonyl (C=O) groups is 1. The molecule has 1 aromatic heterocycles. The molecule has 2 N–H and O–H groups in total. The van der Waals surface area contributed by atoms with E-state index in [1.165, 1.54) is 11.3 Å². The third-order valence-electron chi connectivity index (χ3n) is 5.62. The van der Waals surface area contributed by atoms with Crippen molar-refractivity contribution >= 4 is 66.1 Å². The maximum absolute atomic E-state index is 12.6. The molecular weight excluding hydrogens is 640 g/mol. The monoisotopic (exact) mass is 660 g/mol. The van der Waals surface area contributed by atoms with Crippen molar-refractivity contribution in [2.45, 2.75) is 6.61 Å². The topological polar surface area (TPSA) is 75.6 Å². The minimum absolute atomic E-state index is 0.295. The van der Waals surface area contributed by atoms with Gasteiger partial charge in [-0.2, -0.15) is 5.10 Å². The SMILES string of the molecule is O=C(N/N=C\c1ccc(OCc2ccc(Br)cc2)c(Br)c1)c1ccc(-c2csc(Nc3ccccc3)n2)cc1. The van der Waals surface area contributed by atoms with Gasteiger partial charge in [-0.05, 0) is 81.7 Å². The van der Waals surface area contributed by atoms with Crippen LogP contribution in [0.15, 0.2) is 116 Å². The van der Waals surface area contributed by atoms with Crippen molar-refractivity contribution in [1.82, 2.24) is 10.4 Å². The number of amides is 1. The lowest BCUT2D eigenvalue weighted by Gasteiger charge is -2.09. The average molecular weight is 662 g/mol. The highest BCUT2D eigenvalue weighted by Crippen LogP contribution is 2.28. The van der Waals surface area contributed by atoms with Crippen LogP contribution in [0, 0.1) is 0 Å². The first kappa shape index (κ1) is 26.8. The Hall–Kier alpha value is -3.79. The largest absolute Gasteiger partial charge is 0.488 e. The van der Waals surface area contributed by atoms with E-state index < -0.39 is 0 Å². The normalized spacial score (nSPS) is 10.9. The summed E-state index contributed by atoms with van der Waals surface area (Å²) in [6.45, 7) is 0.461. The van der Waals surface area contributed by atoms with Crippen molar-refractivity contribution in [2.24, 2.45) is 5.10 Å². The first-order chi connectivity index (χ1) is 19.0. The van der Waals surface area contributed by atoms with Crippen molar-refractivity contribution < 1.29 is 9.53 Å². The van der Waals surface area contributed by atoms with Crippen molar-refractivity contribution in [3.8, 4) is 17.0 Å². The summed E-state index contributed by atoms with van der Waals surface area (Å²) in [7, 11) is 0. The van der Waals surface area contributed by atoms with Gasteiger partial charge in [0.15, 0.2) is 5.13 Å². The maximum Gasteiger partial charge on any atom is 0.271 e. The summed E-state index contributed by atoms with van der Waals surface area (Å²) >= 11 is 8.51. The van der Waals surface area contributed by atoms with Gasteiger partial charge in [0.2, 0.25) is 0 Å². The Morgan fingerprint density at radius 1 is 0.949 bits per heavy atom. The van der Waals surface area contributed by atoms with E-state index >= 15 is 0 Å². The number of hydrazone groups is 1. The fraction of sp³-hybridized carbons (Fsp3) is 0.0333. The molecule has 9 heteroatoms. The molecule has 1 amide bonds. The minimum Gasteiger partial charge on any atom is -0.488 e. The van der Waals surface area contributed by atoms with Gasteiger partial charge in [0, 0.05) is 26.7 Å². The smallest absolute Gasteiger partial charge is 0.271 e. The lowest BCUT2D eigenvalue weighted by Crippen LogP contribution is -2.17. The van der Waals surface area contributed by atoms with Gasteiger partial charge in [-0.15, -0.1) is 11.3 Å². The summed E-state index contributed by atoms with van der Waals surface area (Å²) in [6.07, 6.45) is 1.59. The molecule has 0 radical (unpaired) electrons. The Morgan fingerprint density at radius 2 is 1.72 bits per heavy atom. The van der Waals surface area contributed by atoms with Crippen LogP contribution in [-0.4, -0.2) is 17.1 Å². The first-order valence-electron chi connectivity index (χ1n) is 11.9. The molecule has 1 heterocycles. The van der Waals surface area contributed by atoms with E-state index in [2.05, 4.69) is 52.7 Å². The Bertz CT molecular complexity index is 1590. The molecule has 0 aliphatic heterocycles. The van der Waals surface area contributed by atoms with Gasteiger partial charge in [-0.25, -0.2) is 10.4 Å². The summed E-state index contributed by atoms with van der Waals surface area (Å²) in [4.78, 5) is 17.2. The number of anilines is 2. The van der Waals surface area contributed by atoms with Crippen LogP contribution in [-0.2, 0) is 6.61 Å². The Labute approximate surface area is 247 Å². The highest BCUT2D eigenvalue weighted by Gasteiger charge is 2.08. The predicted octanol–water partition coefficient (Wildman–Crippen LogP) is 8.42. The van der Waals surface area contributed by atoms with E-state index in [0.717, 1.165) is 47.9 Å². The van der Waals surface area contributed by atoms with Crippen LogP contribution in [0.25, 0.3) is 11.3 Å². The molecule has 0 aliphatic rings. The second-order valence-electron chi connectivity index (χ2n) is 8.41. The number of carbonyl (C=O) groups excluding carboxylic acids is 1. The number of hydrogen-bond donors (Lipinski definition) is 2. The molecule has 0 atom stereocenters. The predicted molar refractivity (Wildman–Crippen MR) is 165 cm³/mol. The summed E-state index contributed by atoms with van der Waals surface area (Å²) in [5, 5.41) is 10.2. The van der Waals surface area contributed by atoms with Gasteiger partial charge in [-0.1, -0.05) is 58.4 Å². The lowest BCUT2D eigenvalue weighted by atomic mass is 10.1. The van der Waals surface area contributed by atoms with Gasteiger partial charge in [0.25, 0.3) is 5.91 Å². The van der Waals surface area contributed by atoms with Crippen molar-refractivity contribution in [3.63, 3.8) is 0 Å². The van der Waals surface area contributed by atoms with Crippen molar-refractivity contribution in [3.05, 3.63) is 128 Å². The Balaban J connectivity index is 1.14. The van der Waals surface area contributed by atoms with Crippen molar-refractivity contribution in [1.29, 1.82) is 0 Å². The quantitative estimate of drug-likeness (QED) is 0.123. The van der Waals surface area contributed by atoms with Gasteiger partial charge in [0.05, 0.1) is 16.4 Å². The fourth-order valence-electron chi connectivity index (χ4n) is 3.59. The van der Waals surface area contributed by atoms with Crippen LogP contribution in [0.5, 0.6) is 5.75 Å². The molecule has 0 unspecified atom stereocenters. The van der Waals surface area contributed by atoms with Crippen LogP contribution in [0.2, 0.25) is 0 Å². The Morgan fingerprint density at radius 3 is 2.46 bits per heavy atom. The molecule has 0 aliphatic carbocycles. The second kappa shape index (κ2) is 12.8. The van der Waals surface area contributed by atoms with E-state index in [0.29, 0.717) is 12.2 Å². The molecule has 0 spiro atoms. The number of aromatic nitrogens is 1. The van der Waals surface area contributed by atoms with Gasteiger partial charge >= 0.3 is 0 Å². The van der Waals surface area contributed by atoms with Crippen LogP contribution < -0.4 is 15.5 Å². The number of para-hydroxylation sites is 1. The number of nitrogens with zero attached hydrogens (tertiary/aromatic N) is 2. The maximum atomic E-state index is 12.6. The summed E-state index contributed by atoms with van der Waals surface area (Å²) in [5.74, 6) is 0.429. The molecule has 4 aromatic carbocycles. The van der Waals surface area contributed by atoms with Crippen LogP contribution in [0.1, 0.15) is 21.5 Å². The van der Waals surface area contributed by atoms with E-state index in [-0.39, 0.29) is 5.91 Å². The zero-order valence-corrected chi connectivity index (χ0v) is 24.5. The van der Waals surface area contributed by atoms with Crippen LogP contribution in [0.4, 0.5) is 10.8 Å². The second-order valence-corrected chi connectivity index (χ2v) is 11.0. The lowest BCUT2D eigenvalue weighted by molar-refractivity contribution is 0.0955. The standard InChI is InChI=1S/C30H22Br2N4O2S/c31-24-13-6-20(7-14-24)18-38-28-15-8-21(16-26(28)32)17-33-36-29(37)23-11-9-22(10-12-23)27-19-39-30(35-27)34-25-4-2-1-3-5-25/h1-17,19H,18H2,(H,34,35)(H,36,37)/b33-17-. The third kappa shape index (κ3) is 7.41. The van der Waals surface area contributed by atoms with E-state index in [4.69, 9.17) is 4.74 Å². The molecule has 0 saturated carbocycles.